The molecular formula is C24H32N2O2. The zero-order valence-electron chi connectivity index (χ0n) is 17.5. The fourth-order valence-electron chi connectivity index (χ4n) is 3.77. The van der Waals surface area contributed by atoms with E-state index in [0.717, 1.165) is 41.4 Å². The Labute approximate surface area is 168 Å². The first-order chi connectivity index (χ1) is 13.4. The third kappa shape index (κ3) is 5.51. The Kier molecular flexibility index (Phi) is 6.61. The molecule has 150 valence electrons. The van der Waals surface area contributed by atoms with Crippen molar-refractivity contribution in [2.45, 2.75) is 46.6 Å². The number of hydrogen-bond acceptors (Lipinski definition) is 3. The molecule has 0 aliphatic carbocycles. The first-order valence-corrected chi connectivity index (χ1v) is 10.3. The molecule has 1 heterocycles. The third-order valence-electron chi connectivity index (χ3n) is 5.48. The van der Waals surface area contributed by atoms with Gasteiger partial charge >= 0.3 is 0 Å². The Balaban J connectivity index is 1.50. The second-order valence-corrected chi connectivity index (χ2v) is 8.16. The quantitative estimate of drug-likeness (QED) is 0.783. The zero-order chi connectivity index (χ0) is 20.1. The predicted octanol–water partition coefficient (Wildman–Crippen LogP) is 4.80. The van der Waals surface area contributed by atoms with E-state index in [9.17, 15) is 4.79 Å². The van der Waals surface area contributed by atoms with Gasteiger partial charge in [0.2, 0.25) is 0 Å². The van der Waals surface area contributed by atoms with Crippen molar-refractivity contribution in [2.75, 3.05) is 24.6 Å². The molecule has 0 bridgehead atoms. The van der Waals surface area contributed by atoms with Crippen LogP contribution in [0.1, 0.15) is 49.4 Å². The highest BCUT2D eigenvalue weighted by Gasteiger charge is 2.16. The van der Waals surface area contributed by atoms with Crippen LogP contribution >= 0.6 is 0 Å². The summed E-state index contributed by atoms with van der Waals surface area (Å²) in [6, 6.07) is 14.5. The molecule has 1 fully saturated rings. The van der Waals surface area contributed by atoms with Crippen LogP contribution in [0.4, 0.5) is 5.69 Å². The molecule has 1 atom stereocenters. The summed E-state index contributed by atoms with van der Waals surface area (Å²) >= 11 is 0. The minimum atomic E-state index is -0.110. The van der Waals surface area contributed by atoms with E-state index in [1.54, 1.807) is 0 Å². The first kappa shape index (κ1) is 20.2. The Morgan fingerprint density at radius 3 is 2.32 bits per heavy atom. The Morgan fingerprint density at radius 2 is 1.71 bits per heavy atom. The Bertz CT molecular complexity index is 773. The largest absolute Gasteiger partial charge is 0.484 e. The van der Waals surface area contributed by atoms with Gasteiger partial charge in [-0.2, -0.15) is 0 Å². The van der Waals surface area contributed by atoms with Crippen LogP contribution < -0.4 is 15.0 Å². The molecule has 0 spiro atoms. The molecule has 1 amide bonds. The fraction of sp³-hybridized carbons (Fsp3) is 0.458. The van der Waals surface area contributed by atoms with Crippen LogP contribution in [0.2, 0.25) is 0 Å². The average molecular weight is 381 g/mol. The summed E-state index contributed by atoms with van der Waals surface area (Å²) < 4.78 is 5.65. The summed E-state index contributed by atoms with van der Waals surface area (Å²) in [6.07, 6.45) is 2.52. The van der Waals surface area contributed by atoms with Crippen LogP contribution in [0.3, 0.4) is 0 Å². The van der Waals surface area contributed by atoms with E-state index in [-0.39, 0.29) is 18.6 Å². The fourth-order valence-corrected chi connectivity index (χ4v) is 3.77. The zero-order valence-corrected chi connectivity index (χ0v) is 17.5. The van der Waals surface area contributed by atoms with Crippen molar-refractivity contribution < 1.29 is 9.53 Å². The van der Waals surface area contributed by atoms with Crippen LogP contribution in [-0.2, 0) is 4.79 Å². The average Bonchev–Trinajstić information content (AvgIpc) is 2.66. The van der Waals surface area contributed by atoms with Crippen molar-refractivity contribution in [1.29, 1.82) is 0 Å². The lowest BCUT2D eigenvalue weighted by Gasteiger charge is -2.32. The number of aryl methyl sites for hydroxylation is 2. The molecule has 0 unspecified atom stereocenters. The number of nitrogens with one attached hydrogen (secondary N) is 1. The van der Waals surface area contributed by atoms with Crippen molar-refractivity contribution in [3.8, 4) is 5.75 Å². The summed E-state index contributed by atoms with van der Waals surface area (Å²) in [6.45, 7) is 10.7. The van der Waals surface area contributed by atoms with Gasteiger partial charge in [0, 0.05) is 18.8 Å². The number of nitrogens with zero attached hydrogens (tertiary/aromatic N) is 1. The molecule has 2 aromatic rings. The summed E-state index contributed by atoms with van der Waals surface area (Å²) in [5.41, 5.74) is 4.64. The molecule has 1 aliphatic heterocycles. The van der Waals surface area contributed by atoms with Gasteiger partial charge in [-0.1, -0.05) is 25.1 Å². The number of hydrogen-bond donors (Lipinski definition) is 1. The maximum absolute atomic E-state index is 12.3. The molecule has 3 rings (SSSR count). The van der Waals surface area contributed by atoms with E-state index >= 15 is 0 Å². The molecule has 2 aromatic carbocycles. The SMILES string of the molecule is Cc1cc(C)cc(OCC(=O)N[C@@H](C)c2ccc(N3CCC(C)CC3)cc2)c1. The highest BCUT2D eigenvalue weighted by Crippen LogP contribution is 2.24. The topological polar surface area (TPSA) is 41.6 Å². The van der Waals surface area contributed by atoms with Gasteiger partial charge in [0.05, 0.1) is 6.04 Å². The van der Waals surface area contributed by atoms with Gasteiger partial charge < -0.3 is 15.0 Å². The van der Waals surface area contributed by atoms with Gasteiger partial charge in [0.25, 0.3) is 5.91 Å². The smallest absolute Gasteiger partial charge is 0.258 e. The van der Waals surface area contributed by atoms with E-state index in [0.29, 0.717) is 0 Å². The molecule has 0 aromatic heterocycles. The lowest BCUT2D eigenvalue weighted by Crippen LogP contribution is -2.33. The number of carbonyl (C=O) groups excluding carboxylic acids is 1. The maximum atomic E-state index is 12.3. The monoisotopic (exact) mass is 380 g/mol. The van der Waals surface area contributed by atoms with Gasteiger partial charge in [0.15, 0.2) is 6.61 Å². The van der Waals surface area contributed by atoms with Crippen LogP contribution in [0, 0.1) is 19.8 Å². The highest BCUT2D eigenvalue weighted by molar-refractivity contribution is 5.78. The molecule has 1 N–H and O–H groups in total. The molecule has 4 nitrogen and oxygen atoms in total. The lowest BCUT2D eigenvalue weighted by atomic mass is 9.98. The van der Waals surface area contributed by atoms with Crippen LogP contribution in [-0.4, -0.2) is 25.6 Å². The number of amides is 1. The minimum absolute atomic E-state index is 0.0251. The second-order valence-electron chi connectivity index (χ2n) is 8.16. The second kappa shape index (κ2) is 9.13. The van der Waals surface area contributed by atoms with Gasteiger partial charge in [-0.05, 0) is 80.5 Å². The van der Waals surface area contributed by atoms with Gasteiger partial charge in [-0.3, -0.25) is 4.79 Å². The summed E-state index contributed by atoms with van der Waals surface area (Å²) in [4.78, 5) is 14.7. The first-order valence-electron chi connectivity index (χ1n) is 10.3. The number of benzene rings is 2. The molecule has 1 aliphatic rings. The minimum Gasteiger partial charge on any atom is -0.484 e. The number of carbonyl (C=O) groups is 1. The normalized spacial score (nSPS) is 15.9. The Hall–Kier alpha value is -2.49. The number of rotatable bonds is 6. The van der Waals surface area contributed by atoms with Crippen molar-refractivity contribution in [3.63, 3.8) is 0 Å². The highest BCUT2D eigenvalue weighted by atomic mass is 16.5. The van der Waals surface area contributed by atoms with Crippen molar-refractivity contribution in [3.05, 3.63) is 59.2 Å². The summed E-state index contributed by atoms with van der Waals surface area (Å²) in [5, 5.41) is 3.02. The van der Waals surface area contributed by atoms with Crippen LogP contribution in [0.25, 0.3) is 0 Å². The summed E-state index contributed by atoms with van der Waals surface area (Å²) in [5.74, 6) is 1.46. The lowest BCUT2D eigenvalue weighted by molar-refractivity contribution is -0.123. The standard InChI is InChI=1S/C24H32N2O2/c1-17-9-11-26(12-10-17)22-7-5-21(6-8-22)20(4)25-24(27)16-28-23-14-18(2)13-19(3)15-23/h5-8,13-15,17,20H,9-12,16H2,1-4H3,(H,25,27)/t20-/m0/s1. The maximum Gasteiger partial charge on any atom is 0.258 e. The molecule has 1 saturated heterocycles. The van der Waals surface area contributed by atoms with Gasteiger partial charge in [-0.15, -0.1) is 0 Å². The van der Waals surface area contributed by atoms with E-state index < -0.39 is 0 Å². The summed E-state index contributed by atoms with van der Waals surface area (Å²) in [7, 11) is 0. The van der Waals surface area contributed by atoms with Crippen molar-refractivity contribution >= 4 is 11.6 Å². The Morgan fingerprint density at radius 1 is 1.11 bits per heavy atom. The third-order valence-corrected chi connectivity index (χ3v) is 5.48. The molecular weight excluding hydrogens is 348 g/mol. The molecule has 0 radical (unpaired) electrons. The van der Waals surface area contributed by atoms with E-state index in [1.165, 1.54) is 18.5 Å². The van der Waals surface area contributed by atoms with Crippen LogP contribution in [0.5, 0.6) is 5.75 Å². The van der Waals surface area contributed by atoms with Crippen molar-refractivity contribution in [2.24, 2.45) is 5.92 Å². The van der Waals surface area contributed by atoms with Crippen LogP contribution in [0.15, 0.2) is 42.5 Å². The molecule has 28 heavy (non-hydrogen) atoms. The molecule has 0 saturated carbocycles. The molecule has 4 heteroatoms. The van der Waals surface area contributed by atoms with Crippen molar-refractivity contribution in [1.82, 2.24) is 5.32 Å². The van der Waals surface area contributed by atoms with E-state index in [2.05, 4.69) is 47.5 Å². The van der Waals surface area contributed by atoms with E-state index in [1.807, 2.05) is 32.9 Å². The van der Waals surface area contributed by atoms with Gasteiger partial charge in [-0.25, -0.2) is 0 Å². The number of anilines is 1. The van der Waals surface area contributed by atoms with E-state index in [4.69, 9.17) is 4.74 Å². The predicted molar refractivity (Wildman–Crippen MR) is 115 cm³/mol. The number of piperidine rings is 1. The number of ether oxygens (including phenoxy) is 1. The van der Waals surface area contributed by atoms with Gasteiger partial charge in [0.1, 0.15) is 5.75 Å².